The number of benzene rings is 2. The molecule has 0 fully saturated rings. The quantitative estimate of drug-likeness (QED) is 0.617. The van der Waals surface area contributed by atoms with E-state index in [1.807, 2.05) is 72.8 Å². The molecule has 0 aliphatic heterocycles. The fourth-order valence-electron chi connectivity index (χ4n) is 3.00. The van der Waals surface area contributed by atoms with E-state index < -0.39 is 5.91 Å². The average Bonchev–Trinajstić information content (AvgIpc) is 3.20. The molecule has 0 aliphatic carbocycles. The zero-order valence-electron chi connectivity index (χ0n) is 15.7. The van der Waals surface area contributed by atoms with Gasteiger partial charge in [0.05, 0.1) is 0 Å². The zero-order chi connectivity index (χ0) is 19.8. The zero-order valence-corrected chi connectivity index (χ0v) is 15.7. The van der Waals surface area contributed by atoms with Gasteiger partial charge in [0.25, 0.3) is 0 Å². The molecule has 144 valence electrons. The van der Waals surface area contributed by atoms with Crippen LogP contribution in [0, 0.1) is 0 Å². The summed E-state index contributed by atoms with van der Waals surface area (Å²) < 4.78 is 5.87. The van der Waals surface area contributed by atoms with Crippen LogP contribution in [0.3, 0.4) is 0 Å². The van der Waals surface area contributed by atoms with Crippen LogP contribution in [-0.4, -0.2) is 23.3 Å². The van der Waals surface area contributed by atoms with E-state index in [0.717, 1.165) is 22.6 Å². The first-order valence-electron chi connectivity index (χ1n) is 9.36. The molecule has 2 N–H and O–H groups in total. The molecule has 1 aromatic heterocycles. The van der Waals surface area contributed by atoms with E-state index in [2.05, 4.69) is 0 Å². The summed E-state index contributed by atoms with van der Waals surface area (Å²) in [5.74, 6) is 1.12. The Morgan fingerprint density at radius 3 is 2.21 bits per heavy atom. The van der Waals surface area contributed by atoms with Crippen LogP contribution in [0.25, 0.3) is 11.3 Å². The number of carbonyl (C=O) groups excluding carboxylic acids is 2. The minimum Gasteiger partial charge on any atom is -0.461 e. The van der Waals surface area contributed by atoms with Crippen LogP contribution in [0.2, 0.25) is 0 Å². The normalized spacial score (nSPS) is 10.6. The molecular weight excluding hydrogens is 352 g/mol. The Bertz CT molecular complexity index is 904. The van der Waals surface area contributed by atoms with Gasteiger partial charge in [0.1, 0.15) is 11.5 Å². The number of hydrogen-bond acceptors (Lipinski definition) is 3. The van der Waals surface area contributed by atoms with Crippen molar-refractivity contribution in [1.82, 2.24) is 4.90 Å². The largest absolute Gasteiger partial charge is 0.461 e. The summed E-state index contributed by atoms with van der Waals surface area (Å²) in [4.78, 5) is 25.6. The van der Waals surface area contributed by atoms with E-state index in [4.69, 9.17) is 10.2 Å². The van der Waals surface area contributed by atoms with Gasteiger partial charge in [-0.2, -0.15) is 0 Å². The number of primary amides is 1. The molecule has 0 saturated heterocycles. The third kappa shape index (κ3) is 5.58. The summed E-state index contributed by atoms with van der Waals surface area (Å²) >= 11 is 0. The standard InChI is InChI=1S/C23H24N2O3/c24-22(26)15-16-25(17-18-7-3-1-4-8-18)23(27)14-12-20-11-13-21(28-20)19-9-5-2-6-10-19/h1-11,13H,12,14-17H2,(H2,24,26). The van der Waals surface area contributed by atoms with Gasteiger partial charge in [-0.1, -0.05) is 60.7 Å². The number of nitrogens with zero attached hydrogens (tertiary/aromatic N) is 1. The van der Waals surface area contributed by atoms with Gasteiger partial charge in [-0.25, -0.2) is 0 Å². The van der Waals surface area contributed by atoms with Gasteiger partial charge in [-0.05, 0) is 17.7 Å². The number of rotatable bonds is 9. The molecule has 5 heteroatoms. The minimum atomic E-state index is -0.413. The van der Waals surface area contributed by atoms with E-state index in [1.165, 1.54) is 0 Å². The van der Waals surface area contributed by atoms with Crippen LogP contribution in [0.1, 0.15) is 24.2 Å². The summed E-state index contributed by atoms with van der Waals surface area (Å²) in [5.41, 5.74) is 7.29. The van der Waals surface area contributed by atoms with Gasteiger partial charge in [-0.15, -0.1) is 0 Å². The van der Waals surface area contributed by atoms with Gasteiger partial charge in [-0.3, -0.25) is 9.59 Å². The maximum atomic E-state index is 12.7. The molecule has 3 aromatic rings. The average molecular weight is 376 g/mol. The lowest BCUT2D eigenvalue weighted by Gasteiger charge is -2.22. The van der Waals surface area contributed by atoms with Crippen LogP contribution >= 0.6 is 0 Å². The van der Waals surface area contributed by atoms with E-state index in [0.29, 0.717) is 25.9 Å². The molecule has 0 unspecified atom stereocenters. The molecule has 0 radical (unpaired) electrons. The number of hydrogen-bond donors (Lipinski definition) is 1. The van der Waals surface area contributed by atoms with Crippen LogP contribution in [0.15, 0.2) is 77.2 Å². The smallest absolute Gasteiger partial charge is 0.223 e. The third-order valence-corrected chi connectivity index (χ3v) is 4.50. The molecule has 5 nitrogen and oxygen atoms in total. The van der Waals surface area contributed by atoms with Crippen molar-refractivity contribution in [3.8, 4) is 11.3 Å². The van der Waals surface area contributed by atoms with Crippen molar-refractivity contribution >= 4 is 11.8 Å². The summed E-state index contributed by atoms with van der Waals surface area (Å²) in [6, 6.07) is 23.4. The van der Waals surface area contributed by atoms with Crippen molar-refractivity contribution < 1.29 is 14.0 Å². The van der Waals surface area contributed by atoms with Crippen molar-refractivity contribution in [3.63, 3.8) is 0 Å². The summed E-state index contributed by atoms with van der Waals surface area (Å²) in [6.07, 6.45) is 0.971. The Balaban J connectivity index is 1.61. The fourth-order valence-corrected chi connectivity index (χ4v) is 3.00. The molecule has 2 amide bonds. The first-order valence-corrected chi connectivity index (χ1v) is 9.36. The van der Waals surface area contributed by atoms with E-state index in [1.54, 1.807) is 4.90 Å². The Hall–Kier alpha value is -3.34. The predicted molar refractivity (Wildman–Crippen MR) is 108 cm³/mol. The Labute approximate surface area is 164 Å². The first-order chi connectivity index (χ1) is 13.6. The van der Waals surface area contributed by atoms with Gasteiger partial charge in [0.15, 0.2) is 0 Å². The predicted octanol–water partition coefficient (Wildman–Crippen LogP) is 3.78. The van der Waals surface area contributed by atoms with E-state index in [9.17, 15) is 9.59 Å². The maximum Gasteiger partial charge on any atom is 0.223 e. The van der Waals surface area contributed by atoms with E-state index >= 15 is 0 Å². The molecule has 0 saturated carbocycles. The summed E-state index contributed by atoms with van der Waals surface area (Å²) in [7, 11) is 0. The number of aryl methyl sites for hydroxylation is 1. The number of amides is 2. The van der Waals surface area contributed by atoms with Crippen molar-refractivity contribution in [1.29, 1.82) is 0 Å². The van der Waals surface area contributed by atoms with Gasteiger partial charge >= 0.3 is 0 Å². The second-order valence-electron chi connectivity index (χ2n) is 6.65. The van der Waals surface area contributed by atoms with Crippen LogP contribution in [0.5, 0.6) is 0 Å². The van der Waals surface area contributed by atoms with Gasteiger partial charge in [0, 0.05) is 37.9 Å². The highest BCUT2D eigenvalue weighted by atomic mass is 16.3. The summed E-state index contributed by atoms with van der Waals surface area (Å²) in [5, 5.41) is 0. The lowest BCUT2D eigenvalue weighted by Crippen LogP contribution is -2.33. The number of furan rings is 1. The van der Waals surface area contributed by atoms with Gasteiger partial charge < -0.3 is 15.1 Å². The molecule has 0 aliphatic rings. The lowest BCUT2D eigenvalue weighted by molar-refractivity contribution is -0.132. The highest BCUT2D eigenvalue weighted by Crippen LogP contribution is 2.22. The molecule has 0 bridgehead atoms. The molecule has 0 spiro atoms. The topological polar surface area (TPSA) is 76.5 Å². The van der Waals surface area contributed by atoms with Crippen molar-refractivity contribution in [2.24, 2.45) is 5.73 Å². The van der Waals surface area contributed by atoms with Crippen molar-refractivity contribution in [2.75, 3.05) is 6.54 Å². The Kier molecular flexibility index (Phi) is 6.63. The Morgan fingerprint density at radius 2 is 1.54 bits per heavy atom. The maximum absolute atomic E-state index is 12.7. The lowest BCUT2D eigenvalue weighted by atomic mass is 10.1. The SMILES string of the molecule is NC(=O)CCN(Cc1ccccc1)C(=O)CCc1ccc(-c2ccccc2)o1. The molecule has 2 aromatic carbocycles. The van der Waals surface area contributed by atoms with Crippen molar-refractivity contribution in [2.45, 2.75) is 25.8 Å². The molecule has 28 heavy (non-hydrogen) atoms. The summed E-state index contributed by atoms with van der Waals surface area (Å²) in [6.45, 7) is 0.775. The van der Waals surface area contributed by atoms with E-state index in [-0.39, 0.29) is 12.3 Å². The first kappa shape index (κ1) is 19.4. The van der Waals surface area contributed by atoms with Crippen molar-refractivity contribution in [3.05, 3.63) is 84.1 Å². The third-order valence-electron chi connectivity index (χ3n) is 4.50. The minimum absolute atomic E-state index is 0.0252. The van der Waals surface area contributed by atoms with Crippen LogP contribution in [0.4, 0.5) is 0 Å². The molecule has 1 heterocycles. The second kappa shape index (κ2) is 9.55. The number of nitrogens with two attached hydrogens (primary N) is 1. The fraction of sp³-hybridized carbons (Fsp3) is 0.217. The second-order valence-corrected chi connectivity index (χ2v) is 6.65. The van der Waals surface area contributed by atoms with Gasteiger partial charge in [0.2, 0.25) is 11.8 Å². The molecule has 0 atom stereocenters. The van der Waals surface area contributed by atoms with Crippen LogP contribution < -0.4 is 5.73 Å². The highest BCUT2D eigenvalue weighted by molar-refractivity contribution is 5.78. The molecule has 3 rings (SSSR count). The monoisotopic (exact) mass is 376 g/mol. The number of carbonyl (C=O) groups is 2. The van der Waals surface area contributed by atoms with Crippen LogP contribution in [-0.2, 0) is 22.6 Å². The molecular formula is C23H24N2O3. The highest BCUT2D eigenvalue weighted by Gasteiger charge is 2.16. The Morgan fingerprint density at radius 1 is 0.857 bits per heavy atom.